The number of benzene rings is 1. The maximum atomic E-state index is 5.46. The van der Waals surface area contributed by atoms with Crippen molar-refractivity contribution in [1.82, 2.24) is 0 Å². The van der Waals surface area contributed by atoms with Crippen LogP contribution in [0.5, 0.6) is 5.75 Å². The minimum absolute atomic E-state index is 0.827. The number of fused-ring (bicyclic) bond motifs is 1. The fourth-order valence-electron chi connectivity index (χ4n) is 1.33. The Morgan fingerprint density at radius 1 is 1.31 bits per heavy atom. The van der Waals surface area contributed by atoms with Gasteiger partial charge in [0.15, 0.2) is 0 Å². The van der Waals surface area contributed by atoms with Gasteiger partial charge in [-0.25, -0.2) is 0 Å². The Kier molecular flexibility index (Phi) is 2.04. The van der Waals surface area contributed by atoms with E-state index in [9.17, 15) is 0 Å². The molecule has 0 saturated carbocycles. The van der Waals surface area contributed by atoms with E-state index in [1.165, 1.54) is 0 Å². The maximum absolute atomic E-state index is 5.46. The molecule has 3 heteroatoms. The molecule has 0 N–H and O–H groups in total. The highest BCUT2D eigenvalue weighted by atomic mass is 79.9. The first-order valence-electron chi connectivity index (χ1n) is 3.94. The van der Waals surface area contributed by atoms with Crippen LogP contribution in [0.4, 0.5) is 0 Å². The number of halogens is 1. The third-order valence-electron chi connectivity index (χ3n) is 1.91. The zero-order valence-electron chi connectivity index (χ0n) is 7.43. The topological polar surface area (TPSA) is 22.4 Å². The smallest absolute Gasteiger partial charge is 0.135 e. The van der Waals surface area contributed by atoms with Crippen LogP contribution in [0.15, 0.2) is 27.1 Å². The predicted molar refractivity (Wildman–Crippen MR) is 55.2 cm³/mol. The lowest BCUT2D eigenvalue weighted by molar-refractivity contribution is 0.412. The molecule has 0 aliphatic heterocycles. The summed E-state index contributed by atoms with van der Waals surface area (Å²) in [5, 5.41) is 1.07. The van der Waals surface area contributed by atoms with Gasteiger partial charge in [0.25, 0.3) is 0 Å². The van der Waals surface area contributed by atoms with Crippen molar-refractivity contribution < 1.29 is 9.15 Å². The predicted octanol–water partition coefficient (Wildman–Crippen LogP) is 3.51. The number of ether oxygens (including phenoxy) is 1. The summed E-state index contributed by atoms with van der Waals surface area (Å²) < 4.78 is 11.6. The summed E-state index contributed by atoms with van der Waals surface area (Å²) in [6, 6.07) is 5.86. The molecule has 0 amide bonds. The van der Waals surface area contributed by atoms with E-state index < -0.39 is 0 Å². The Hall–Kier alpha value is -0.960. The summed E-state index contributed by atoms with van der Waals surface area (Å²) in [6.45, 7) is 1.93. The van der Waals surface area contributed by atoms with E-state index in [1.54, 1.807) is 7.11 Å². The molecule has 0 unspecified atom stereocenters. The second-order valence-electron chi connectivity index (χ2n) is 2.88. The number of methoxy groups -OCH3 is 1. The van der Waals surface area contributed by atoms with Crippen molar-refractivity contribution in [3.8, 4) is 5.75 Å². The highest BCUT2D eigenvalue weighted by Crippen LogP contribution is 2.31. The molecule has 0 bridgehead atoms. The van der Waals surface area contributed by atoms with Crippen molar-refractivity contribution >= 4 is 26.9 Å². The largest absolute Gasteiger partial charge is 0.496 e. The first kappa shape index (κ1) is 8.63. The number of rotatable bonds is 1. The van der Waals surface area contributed by atoms with E-state index in [-0.39, 0.29) is 0 Å². The standard InChI is InChI=1S/C10H9BrO2/c1-6-3-7-4-10(12-2)8(11)5-9(7)13-6/h3-5H,1-2H3. The van der Waals surface area contributed by atoms with Gasteiger partial charge >= 0.3 is 0 Å². The molecular formula is C10H9BrO2. The molecule has 1 aromatic carbocycles. The zero-order valence-corrected chi connectivity index (χ0v) is 9.01. The van der Waals surface area contributed by atoms with Crippen LogP contribution in [-0.4, -0.2) is 7.11 Å². The van der Waals surface area contributed by atoms with E-state index >= 15 is 0 Å². The van der Waals surface area contributed by atoms with Gasteiger partial charge in [-0.1, -0.05) is 0 Å². The second-order valence-corrected chi connectivity index (χ2v) is 3.74. The van der Waals surface area contributed by atoms with E-state index in [2.05, 4.69) is 15.9 Å². The maximum Gasteiger partial charge on any atom is 0.135 e. The Labute approximate surface area is 84.6 Å². The van der Waals surface area contributed by atoms with Crippen LogP contribution in [0.1, 0.15) is 5.76 Å². The molecular weight excluding hydrogens is 232 g/mol. The molecule has 0 aliphatic rings. The highest BCUT2D eigenvalue weighted by molar-refractivity contribution is 9.10. The lowest BCUT2D eigenvalue weighted by Gasteiger charge is -2.01. The molecule has 0 spiro atoms. The summed E-state index contributed by atoms with van der Waals surface area (Å²) >= 11 is 3.40. The van der Waals surface area contributed by atoms with Crippen LogP contribution in [-0.2, 0) is 0 Å². The summed E-state index contributed by atoms with van der Waals surface area (Å²) in [7, 11) is 1.65. The fraction of sp³-hybridized carbons (Fsp3) is 0.200. The van der Waals surface area contributed by atoms with E-state index in [0.29, 0.717) is 0 Å². The normalized spacial score (nSPS) is 10.7. The van der Waals surface area contributed by atoms with Gasteiger partial charge in [-0.2, -0.15) is 0 Å². The molecule has 13 heavy (non-hydrogen) atoms. The average Bonchev–Trinajstić information content (AvgIpc) is 2.42. The highest BCUT2D eigenvalue weighted by Gasteiger charge is 2.05. The summed E-state index contributed by atoms with van der Waals surface area (Å²) in [4.78, 5) is 0. The molecule has 1 heterocycles. The van der Waals surface area contributed by atoms with Crippen molar-refractivity contribution in [2.45, 2.75) is 6.92 Å². The minimum atomic E-state index is 0.827. The van der Waals surface area contributed by atoms with Crippen molar-refractivity contribution in [3.63, 3.8) is 0 Å². The van der Waals surface area contributed by atoms with Crippen LogP contribution < -0.4 is 4.74 Å². The Morgan fingerprint density at radius 2 is 2.08 bits per heavy atom. The zero-order chi connectivity index (χ0) is 9.42. The van der Waals surface area contributed by atoms with Crippen molar-refractivity contribution in [1.29, 1.82) is 0 Å². The Morgan fingerprint density at radius 3 is 2.77 bits per heavy atom. The van der Waals surface area contributed by atoms with Crippen LogP contribution in [0.3, 0.4) is 0 Å². The first-order valence-corrected chi connectivity index (χ1v) is 4.73. The third kappa shape index (κ3) is 1.44. The molecule has 1 aromatic heterocycles. The summed E-state index contributed by atoms with van der Waals surface area (Å²) in [6.07, 6.45) is 0. The van der Waals surface area contributed by atoms with Crippen LogP contribution >= 0.6 is 15.9 Å². The van der Waals surface area contributed by atoms with Gasteiger partial charge in [0.1, 0.15) is 17.1 Å². The lowest BCUT2D eigenvalue weighted by Crippen LogP contribution is -1.82. The summed E-state index contributed by atoms with van der Waals surface area (Å²) in [5.41, 5.74) is 0.880. The first-order chi connectivity index (χ1) is 6.20. The molecule has 0 radical (unpaired) electrons. The number of aryl methyl sites for hydroxylation is 1. The second kappa shape index (κ2) is 3.07. The van der Waals surface area contributed by atoms with Gasteiger partial charge < -0.3 is 9.15 Å². The van der Waals surface area contributed by atoms with Gasteiger partial charge in [-0.3, -0.25) is 0 Å². The van der Waals surface area contributed by atoms with Gasteiger partial charge in [0, 0.05) is 5.39 Å². The number of hydrogen-bond acceptors (Lipinski definition) is 2. The lowest BCUT2D eigenvalue weighted by atomic mass is 10.2. The Balaban J connectivity index is 2.72. The fourth-order valence-corrected chi connectivity index (χ4v) is 1.81. The van der Waals surface area contributed by atoms with Crippen molar-refractivity contribution in [2.75, 3.05) is 7.11 Å². The molecule has 2 aromatic rings. The molecule has 0 aliphatic carbocycles. The SMILES string of the molecule is COc1cc2cc(C)oc2cc1Br. The molecule has 0 fully saturated rings. The average molecular weight is 241 g/mol. The van der Waals surface area contributed by atoms with E-state index in [4.69, 9.17) is 9.15 Å². The van der Waals surface area contributed by atoms with Crippen LogP contribution in [0.25, 0.3) is 11.0 Å². The van der Waals surface area contributed by atoms with Gasteiger partial charge in [0.05, 0.1) is 11.6 Å². The van der Waals surface area contributed by atoms with Gasteiger partial charge in [-0.05, 0) is 41.1 Å². The number of hydrogen-bond donors (Lipinski definition) is 0. The van der Waals surface area contributed by atoms with E-state index in [0.717, 1.165) is 27.0 Å². The quantitative estimate of drug-likeness (QED) is 0.762. The third-order valence-corrected chi connectivity index (χ3v) is 2.53. The molecule has 0 atom stereocenters. The Bertz CT molecular complexity index is 445. The molecule has 0 saturated heterocycles. The molecule has 2 rings (SSSR count). The number of furan rings is 1. The molecule has 68 valence electrons. The summed E-state index contributed by atoms with van der Waals surface area (Å²) in [5.74, 6) is 1.74. The minimum Gasteiger partial charge on any atom is -0.496 e. The van der Waals surface area contributed by atoms with Gasteiger partial charge in [0.2, 0.25) is 0 Å². The van der Waals surface area contributed by atoms with Gasteiger partial charge in [-0.15, -0.1) is 0 Å². The molecule has 2 nitrogen and oxygen atoms in total. The van der Waals surface area contributed by atoms with Crippen molar-refractivity contribution in [2.24, 2.45) is 0 Å². The van der Waals surface area contributed by atoms with Crippen molar-refractivity contribution in [3.05, 3.63) is 28.4 Å². The van der Waals surface area contributed by atoms with E-state index in [1.807, 2.05) is 25.1 Å². The van der Waals surface area contributed by atoms with Crippen LogP contribution in [0, 0.1) is 6.92 Å². The van der Waals surface area contributed by atoms with Crippen LogP contribution in [0.2, 0.25) is 0 Å². The monoisotopic (exact) mass is 240 g/mol.